The van der Waals surface area contributed by atoms with E-state index in [9.17, 15) is 4.39 Å². The fourth-order valence-corrected chi connectivity index (χ4v) is 2.73. The second kappa shape index (κ2) is 3.40. The smallest absolute Gasteiger partial charge is 0.125 e. The van der Waals surface area contributed by atoms with Gasteiger partial charge < -0.3 is 10.2 Å². The summed E-state index contributed by atoms with van der Waals surface area (Å²) in [6.45, 7) is 2.07. The molecule has 0 radical (unpaired) electrons. The van der Waals surface area contributed by atoms with Crippen LogP contribution in [0.2, 0.25) is 0 Å². The Morgan fingerprint density at radius 1 is 1.33 bits per heavy atom. The highest BCUT2D eigenvalue weighted by Crippen LogP contribution is 2.35. The largest absolute Gasteiger partial charge is 0.383 e. The van der Waals surface area contributed by atoms with Gasteiger partial charge in [-0.05, 0) is 37.5 Å². The molecule has 3 heteroatoms. The van der Waals surface area contributed by atoms with Crippen LogP contribution in [-0.2, 0) is 0 Å². The number of halogens is 1. The summed E-state index contributed by atoms with van der Waals surface area (Å²) in [6, 6.07) is 5.72. The Kier molecular flexibility index (Phi) is 2.04. The van der Waals surface area contributed by atoms with Crippen molar-refractivity contribution in [3.63, 3.8) is 0 Å². The van der Waals surface area contributed by atoms with Gasteiger partial charge in [-0.2, -0.15) is 0 Å². The molecule has 0 aromatic heterocycles. The summed E-state index contributed by atoms with van der Waals surface area (Å²) in [5.41, 5.74) is 2.14. The summed E-state index contributed by atoms with van der Waals surface area (Å²) in [5, 5.41) is 3.31. The predicted molar refractivity (Wildman–Crippen MR) is 59.9 cm³/mol. The van der Waals surface area contributed by atoms with Crippen molar-refractivity contribution in [2.24, 2.45) is 0 Å². The minimum Gasteiger partial charge on any atom is -0.383 e. The van der Waals surface area contributed by atoms with Crippen LogP contribution in [0.4, 0.5) is 15.8 Å². The molecule has 15 heavy (non-hydrogen) atoms. The van der Waals surface area contributed by atoms with Crippen molar-refractivity contribution < 1.29 is 4.39 Å². The van der Waals surface area contributed by atoms with Crippen molar-refractivity contribution in [3.05, 3.63) is 24.0 Å². The molecule has 80 valence electrons. The first-order valence-corrected chi connectivity index (χ1v) is 5.65. The van der Waals surface area contributed by atoms with Gasteiger partial charge in [0.25, 0.3) is 0 Å². The maximum Gasteiger partial charge on any atom is 0.125 e. The Morgan fingerprint density at radius 2 is 2.27 bits per heavy atom. The highest BCUT2D eigenvalue weighted by atomic mass is 19.1. The van der Waals surface area contributed by atoms with Gasteiger partial charge in [0, 0.05) is 19.1 Å². The SMILES string of the molecule is Fc1ccc2c(c1)NCCC1CCCN21. The van der Waals surface area contributed by atoms with E-state index in [1.807, 2.05) is 6.07 Å². The minimum absolute atomic E-state index is 0.154. The van der Waals surface area contributed by atoms with Crippen LogP contribution in [0, 0.1) is 5.82 Å². The van der Waals surface area contributed by atoms with E-state index in [0.29, 0.717) is 6.04 Å². The fourth-order valence-electron chi connectivity index (χ4n) is 2.73. The molecule has 1 aromatic carbocycles. The molecule has 3 rings (SSSR count). The van der Waals surface area contributed by atoms with Gasteiger partial charge in [-0.3, -0.25) is 0 Å². The van der Waals surface area contributed by atoms with E-state index in [2.05, 4.69) is 10.2 Å². The third kappa shape index (κ3) is 1.46. The molecule has 1 unspecified atom stereocenters. The third-order valence-corrected chi connectivity index (χ3v) is 3.44. The Balaban J connectivity index is 2.05. The van der Waals surface area contributed by atoms with Gasteiger partial charge in [-0.1, -0.05) is 0 Å². The number of nitrogens with zero attached hydrogens (tertiary/aromatic N) is 1. The van der Waals surface area contributed by atoms with Gasteiger partial charge in [0.2, 0.25) is 0 Å². The molecule has 0 bridgehead atoms. The van der Waals surface area contributed by atoms with E-state index >= 15 is 0 Å². The Morgan fingerprint density at radius 3 is 3.20 bits per heavy atom. The predicted octanol–water partition coefficient (Wildman–Crippen LogP) is 2.61. The van der Waals surface area contributed by atoms with Gasteiger partial charge in [-0.15, -0.1) is 0 Å². The van der Waals surface area contributed by atoms with Gasteiger partial charge in [-0.25, -0.2) is 4.39 Å². The monoisotopic (exact) mass is 206 g/mol. The number of hydrogen-bond donors (Lipinski definition) is 1. The van der Waals surface area contributed by atoms with Gasteiger partial charge in [0.1, 0.15) is 5.82 Å². The number of fused-ring (bicyclic) bond motifs is 3. The molecule has 2 heterocycles. The summed E-state index contributed by atoms with van der Waals surface area (Å²) >= 11 is 0. The van der Waals surface area contributed by atoms with Crippen LogP contribution in [0.1, 0.15) is 19.3 Å². The van der Waals surface area contributed by atoms with E-state index < -0.39 is 0 Å². The highest BCUT2D eigenvalue weighted by Gasteiger charge is 2.28. The number of nitrogens with one attached hydrogen (secondary N) is 1. The first-order valence-electron chi connectivity index (χ1n) is 5.65. The van der Waals surface area contributed by atoms with E-state index in [1.165, 1.54) is 18.5 Å². The number of hydrogen-bond acceptors (Lipinski definition) is 2. The van der Waals surface area contributed by atoms with Crippen molar-refractivity contribution in [3.8, 4) is 0 Å². The van der Waals surface area contributed by atoms with E-state index in [-0.39, 0.29) is 5.82 Å². The molecule has 1 N–H and O–H groups in total. The van der Waals surface area contributed by atoms with Crippen molar-refractivity contribution in [1.29, 1.82) is 0 Å². The maximum atomic E-state index is 13.1. The van der Waals surface area contributed by atoms with E-state index in [4.69, 9.17) is 0 Å². The zero-order valence-electron chi connectivity index (χ0n) is 8.67. The first kappa shape index (κ1) is 9.01. The van der Waals surface area contributed by atoms with Crippen LogP contribution in [0.15, 0.2) is 18.2 Å². The normalized spacial score (nSPS) is 24.1. The standard InChI is InChI=1S/C12H15FN2/c13-9-3-4-12-11(8-9)14-6-5-10-2-1-7-15(10)12/h3-4,8,10,14H,1-2,5-7H2. The summed E-state index contributed by atoms with van der Waals surface area (Å²) in [5.74, 6) is -0.154. The van der Waals surface area contributed by atoms with Crippen molar-refractivity contribution in [2.75, 3.05) is 23.3 Å². The lowest BCUT2D eigenvalue weighted by atomic mass is 10.1. The van der Waals surface area contributed by atoms with E-state index in [1.54, 1.807) is 12.1 Å². The van der Waals surface area contributed by atoms with Crippen molar-refractivity contribution in [1.82, 2.24) is 0 Å². The minimum atomic E-state index is -0.154. The number of benzene rings is 1. The average Bonchev–Trinajstić information content (AvgIpc) is 2.61. The second-order valence-electron chi connectivity index (χ2n) is 4.37. The van der Waals surface area contributed by atoms with Crippen molar-refractivity contribution >= 4 is 11.4 Å². The molecule has 1 fully saturated rings. The molecular formula is C12H15FN2. The third-order valence-electron chi connectivity index (χ3n) is 3.44. The molecule has 0 amide bonds. The zero-order valence-corrected chi connectivity index (χ0v) is 8.67. The molecule has 2 aliphatic rings. The molecule has 1 saturated heterocycles. The Labute approximate surface area is 89.1 Å². The van der Waals surface area contributed by atoms with Crippen LogP contribution in [0.25, 0.3) is 0 Å². The topological polar surface area (TPSA) is 15.3 Å². The summed E-state index contributed by atoms with van der Waals surface area (Å²) < 4.78 is 13.1. The molecule has 1 atom stereocenters. The molecule has 0 aliphatic carbocycles. The summed E-state index contributed by atoms with van der Waals surface area (Å²) in [4.78, 5) is 2.43. The van der Waals surface area contributed by atoms with E-state index in [0.717, 1.165) is 25.2 Å². The molecule has 1 aromatic rings. The lowest BCUT2D eigenvalue weighted by molar-refractivity contribution is 0.627. The molecule has 0 spiro atoms. The lowest BCUT2D eigenvalue weighted by Gasteiger charge is -2.25. The van der Waals surface area contributed by atoms with Crippen LogP contribution < -0.4 is 10.2 Å². The van der Waals surface area contributed by atoms with Gasteiger partial charge >= 0.3 is 0 Å². The number of anilines is 2. The highest BCUT2D eigenvalue weighted by molar-refractivity contribution is 5.71. The first-order chi connectivity index (χ1) is 7.34. The van der Waals surface area contributed by atoms with Crippen LogP contribution >= 0.6 is 0 Å². The molecule has 0 saturated carbocycles. The Hall–Kier alpha value is -1.25. The van der Waals surface area contributed by atoms with Gasteiger partial charge in [0.15, 0.2) is 0 Å². The Bertz CT molecular complexity index is 378. The fraction of sp³-hybridized carbons (Fsp3) is 0.500. The second-order valence-corrected chi connectivity index (χ2v) is 4.37. The quantitative estimate of drug-likeness (QED) is 0.702. The summed E-state index contributed by atoms with van der Waals surface area (Å²) in [6.07, 6.45) is 3.70. The average molecular weight is 206 g/mol. The van der Waals surface area contributed by atoms with Crippen LogP contribution in [-0.4, -0.2) is 19.1 Å². The lowest BCUT2D eigenvalue weighted by Crippen LogP contribution is -2.28. The van der Waals surface area contributed by atoms with Crippen LogP contribution in [0.5, 0.6) is 0 Å². The molecule has 2 nitrogen and oxygen atoms in total. The summed E-state index contributed by atoms with van der Waals surface area (Å²) in [7, 11) is 0. The van der Waals surface area contributed by atoms with Gasteiger partial charge in [0.05, 0.1) is 11.4 Å². The maximum absolute atomic E-state index is 13.1. The van der Waals surface area contributed by atoms with Crippen molar-refractivity contribution in [2.45, 2.75) is 25.3 Å². The zero-order chi connectivity index (χ0) is 10.3. The van der Waals surface area contributed by atoms with Crippen LogP contribution in [0.3, 0.4) is 0 Å². The molecule has 2 aliphatic heterocycles. The number of rotatable bonds is 0. The molecular weight excluding hydrogens is 191 g/mol.